The van der Waals surface area contributed by atoms with E-state index in [9.17, 15) is 28.8 Å². The van der Waals surface area contributed by atoms with Gasteiger partial charge in [-0.2, -0.15) is 10.2 Å². The Hall–Kier alpha value is -8.28. The monoisotopic (exact) mass is 981 g/mol. The molecule has 2 aromatic carbocycles. The van der Waals surface area contributed by atoms with Crippen molar-refractivity contribution in [2.75, 3.05) is 57.3 Å². The largest absolute Gasteiger partial charge is 0.508 e. The summed E-state index contributed by atoms with van der Waals surface area (Å²) in [7, 11) is 1.44. The zero-order valence-electron chi connectivity index (χ0n) is 40.5. The van der Waals surface area contributed by atoms with Gasteiger partial charge in [0.15, 0.2) is 0 Å². The highest BCUT2D eigenvalue weighted by atomic mass is 16.7. The zero-order chi connectivity index (χ0) is 51.2. The molecule has 5 amide bonds. The fraction of sp³-hybridized carbons (Fsp3) is 0.404. The normalized spacial score (nSPS) is 11.3. The van der Waals surface area contributed by atoms with Gasteiger partial charge < -0.3 is 49.6 Å². The Bertz CT molecular complexity index is 2950. The van der Waals surface area contributed by atoms with Crippen molar-refractivity contribution < 1.29 is 52.5 Å². The van der Waals surface area contributed by atoms with Gasteiger partial charge in [0, 0.05) is 56.8 Å². The number of rotatable bonds is 26. The van der Waals surface area contributed by atoms with Crippen LogP contribution in [0.1, 0.15) is 93.1 Å². The molecule has 0 aliphatic carbocycles. The molecule has 0 saturated carbocycles. The van der Waals surface area contributed by atoms with E-state index in [2.05, 4.69) is 31.1 Å². The van der Waals surface area contributed by atoms with Crippen LogP contribution in [0.2, 0.25) is 0 Å². The molecule has 4 heterocycles. The first-order chi connectivity index (χ1) is 34.1. The molecular weight excluding hydrogens is 923 g/mol. The fourth-order valence-electron chi connectivity index (χ4n) is 7.45. The topological polar surface area (TPSA) is 308 Å². The predicted molar refractivity (Wildman–Crippen MR) is 260 cm³/mol. The van der Waals surface area contributed by atoms with E-state index in [0.29, 0.717) is 59.9 Å². The zero-order valence-corrected chi connectivity index (χ0v) is 40.5. The number of imidazole rings is 2. The average molecular weight is 982 g/mol. The maximum atomic E-state index is 13.9. The van der Waals surface area contributed by atoms with Crippen LogP contribution in [0, 0.1) is 13.8 Å². The molecule has 4 aromatic heterocycles. The van der Waals surface area contributed by atoms with Crippen LogP contribution < -0.4 is 36.9 Å². The maximum Gasteiger partial charge on any atom is 0.508 e. The molecule has 0 saturated heterocycles. The number of carbonyl (C=O) groups is 6. The number of aryl methyl sites for hydroxylation is 4. The van der Waals surface area contributed by atoms with Gasteiger partial charge in [-0.3, -0.25) is 44.0 Å². The number of hydrogen-bond acceptors (Lipinski definition) is 15. The van der Waals surface area contributed by atoms with Crippen LogP contribution in [0.25, 0.3) is 22.1 Å². The van der Waals surface area contributed by atoms with Gasteiger partial charge >= 0.3 is 6.16 Å². The van der Waals surface area contributed by atoms with Gasteiger partial charge in [-0.25, -0.2) is 14.8 Å². The van der Waals surface area contributed by atoms with E-state index in [4.69, 9.17) is 40.1 Å². The third-order valence-electron chi connectivity index (χ3n) is 10.7. The lowest BCUT2D eigenvalue weighted by Gasteiger charge is -2.13. The van der Waals surface area contributed by atoms with Gasteiger partial charge in [-0.1, -0.05) is 19.1 Å². The van der Waals surface area contributed by atoms with Gasteiger partial charge in [0.1, 0.15) is 40.5 Å². The minimum atomic E-state index is -0.931. The Morgan fingerprint density at radius 3 is 1.69 bits per heavy atom. The number of aromatic nitrogens is 8. The number of methoxy groups -OCH3 is 1. The van der Waals surface area contributed by atoms with Crippen LogP contribution >= 0.6 is 0 Å². The molecule has 6 aromatic rings. The first-order valence-corrected chi connectivity index (χ1v) is 23.0. The SMILES string of the molecule is CCCOCCC(=O)NCCOC(=O)OCCCOc1cc(C(N)=O)cc2nc(NC(=O)c3cc(C)nn3CC)n(C/C=C/Cn3c(NC(=O)c4cc(C)nn4CC)nc4cc(C(N)=O)cc(OC)c43)c12. The summed E-state index contributed by atoms with van der Waals surface area (Å²) in [5.74, 6) is -1.95. The average Bonchev–Trinajstić information content (AvgIpc) is 4.11. The Morgan fingerprint density at radius 1 is 0.662 bits per heavy atom. The molecule has 0 fully saturated rings. The highest BCUT2D eigenvalue weighted by Crippen LogP contribution is 2.33. The van der Waals surface area contributed by atoms with E-state index >= 15 is 0 Å². The summed E-state index contributed by atoms with van der Waals surface area (Å²) < 4.78 is 34.0. The van der Waals surface area contributed by atoms with Crippen molar-refractivity contribution in [2.45, 2.75) is 80.1 Å². The van der Waals surface area contributed by atoms with Crippen LogP contribution in [-0.2, 0) is 45.2 Å². The van der Waals surface area contributed by atoms with Crippen LogP contribution in [-0.4, -0.2) is 121 Å². The number of hydrogen-bond donors (Lipinski definition) is 5. The van der Waals surface area contributed by atoms with Crippen molar-refractivity contribution in [3.63, 3.8) is 0 Å². The quantitative estimate of drug-likeness (QED) is 0.0288. The van der Waals surface area contributed by atoms with Crippen molar-refractivity contribution in [2.24, 2.45) is 11.5 Å². The van der Waals surface area contributed by atoms with Crippen LogP contribution in [0.3, 0.4) is 0 Å². The molecule has 0 unspecified atom stereocenters. The number of fused-ring (bicyclic) bond motifs is 2. The van der Waals surface area contributed by atoms with Gasteiger partial charge in [-0.15, -0.1) is 0 Å². The standard InChI is InChI=1S/C47H59N13O11/c1-7-17-68-20-13-38(61)50-14-21-71-47(66)70-19-12-18-69-37-27-31(42(49)63)25-33-40(37)58(46(52-33)54-44(65)35-23-29(5)56-60(35)9-3)16-11-10-15-57-39-32(24-30(41(48)62)26-36(39)67-6)51-45(57)53-43(64)34-22-28(4)55-59(34)8-2/h10-11,22-27H,7-9,12-21H2,1-6H3,(H2,48,62)(H2,49,63)(H,50,61)(H,51,53,64)(H,52,54,65)/b11-10+. The maximum absolute atomic E-state index is 13.9. The number of primary amides is 2. The smallest absolute Gasteiger partial charge is 0.494 e. The summed E-state index contributed by atoms with van der Waals surface area (Å²) in [6.07, 6.45) is 3.89. The highest BCUT2D eigenvalue weighted by Gasteiger charge is 2.24. The van der Waals surface area contributed by atoms with E-state index in [1.165, 1.54) is 31.4 Å². The molecule has 0 aliphatic heterocycles. The Balaban J connectivity index is 1.26. The number of carbonyl (C=O) groups excluding carboxylic acids is 6. The summed E-state index contributed by atoms with van der Waals surface area (Å²) >= 11 is 0. The second-order valence-electron chi connectivity index (χ2n) is 15.9. The van der Waals surface area contributed by atoms with Crippen molar-refractivity contribution in [3.05, 3.63) is 82.5 Å². The van der Waals surface area contributed by atoms with E-state index in [1.807, 2.05) is 20.8 Å². The van der Waals surface area contributed by atoms with Crippen molar-refractivity contribution in [3.8, 4) is 11.5 Å². The van der Waals surface area contributed by atoms with Crippen molar-refractivity contribution in [1.29, 1.82) is 0 Å². The van der Waals surface area contributed by atoms with Crippen LogP contribution in [0.5, 0.6) is 11.5 Å². The lowest BCUT2D eigenvalue weighted by atomic mass is 10.1. The Labute approximate surface area is 407 Å². The molecule has 24 nitrogen and oxygen atoms in total. The number of nitrogens with one attached hydrogen (secondary N) is 3. The summed E-state index contributed by atoms with van der Waals surface area (Å²) in [5, 5.41) is 17.2. The number of anilines is 2. The number of nitrogens with two attached hydrogens (primary N) is 2. The summed E-state index contributed by atoms with van der Waals surface area (Å²) in [6, 6.07) is 9.24. The molecule has 378 valence electrons. The third kappa shape index (κ3) is 13.1. The molecule has 0 aliphatic rings. The second kappa shape index (κ2) is 24.3. The number of ether oxygens (including phenoxy) is 5. The Morgan fingerprint density at radius 2 is 1.18 bits per heavy atom. The fourth-order valence-corrected chi connectivity index (χ4v) is 7.45. The van der Waals surface area contributed by atoms with Crippen molar-refractivity contribution >= 4 is 69.7 Å². The van der Waals surface area contributed by atoms with Gasteiger partial charge in [0.05, 0.1) is 55.9 Å². The van der Waals surface area contributed by atoms with Crippen LogP contribution in [0.4, 0.5) is 16.7 Å². The summed E-state index contributed by atoms with van der Waals surface area (Å²) in [6.45, 7) is 11.1. The van der Waals surface area contributed by atoms with Crippen LogP contribution in [0.15, 0.2) is 48.6 Å². The van der Waals surface area contributed by atoms with Crippen molar-refractivity contribution in [1.82, 2.24) is 44.0 Å². The minimum Gasteiger partial charge on any atom is -0.494 e. The van der Waals surface area contributed by atoms with Gasteiger partial charge in [0.25, 0.3) is 11.8 Å². The molecule has 0 radical (unpaired) electrons. The third-order valence-corrected chi connectivity index (χ3v) is 10.7. The Kier molecular flexibility index (Phi) is 17.8. The lowest BCUT2D eigenvalue weighted by molar-refractivity contribution is -0.122. The van der Waals surface area contributed by atoms with E-state index in [0.717, 1.165) is 6.42 Å². The number of allylic oxidation sites excluding steroid dienone is 2. The molecule has 24 heteroatoms. The first kappa shape index (κ1) is 52.1. The van der Waals surface area contributed by atoms with E-state index in [1.54, 1.807) is 56.6 Å². The second-order valence-corrected chi connectivity index (χ2v) is 15.9. The first-order valence-electron chi connectivity index (χ1n) is 23.0. The molecule has 6 rings (SSSR count). The minimum absolute atomic E-state index is 0.00145. The number of amides is 5. The van der Waals surface area contributed by atoms with E-state index in [-0.39, 0.29) is 104 Å². The lowest BCUT2D eigenvalue weighted by Crippen LogP contribution is -2.29. The molecular formula is C47H59N13O11. The predicted octanol–water partition coefficient (Wildman–Crippen LogP) is 4.26. The number of nitrogens with zero attached hydrogens (tertiary/aromatic N) is 8. The van der Waals surface area contributed by atoms with Gasteiger partial charge in [-0.05, 0) is 70.5 Å². The number of benzene rings is 2. The molecule has 0 atom stereocenters. The summed E-state index contributed by atoms with van der Waals surface area (Å²) in [4.78, 5) is 86.0. The molecule has 7 N–H and O–H groups in total. The highest BCUT2D eigenvalue weighted by molar-refractivity contribution is 6.05. The molecule has 0 bridgehead atoms. The van der Waals surface area contributed by atoms with Gasteiger partial charge in [0.2, 0.25) is 29.6 Å². The summed E-state index contributed by atoms with van der Waals surface area (Å²) in [5.41, 5.74) is 15.0. The molecule has 0 spiro atoms. The van der Waals surface area contributed by atoms with E-state index < -0.39 is 29.8 Å². The molecule has 71 heavy (non-hydrogen) atoms.